The second-order valence-electron chi connectivity index (χ2n) is 3.59. The van der Waals surface area contributed by atoms with Crippen molar-refractivity contribution in [3.05, 3.63) is 55.3 Å². The number of aromatic nitrogens is 1. The van der Waals surface area contributed by atoms with Crippen LogP contribution in [0.5, 0.6) is 0 Å². The van der Waals surface area contributed by atoms with Gasteiger partial charge >= 0.3 is 0 Å². The first-order valence-electron chi connectivity index (χ1n) is 4.84. The van der Waals surface area contributed by atoms with Crippen LogP contribution in [0.25, 0.3) is 11.3 Å². The lowest BCUT2D eigenvalue weighted by molar-refractivity contribution is 1.24. The maximum atomic E-state index is 11.6. The van der Waals surface area contributed by atoms with E-state index in [0.29, 0.717) is 31.9 Å². The maximum Gasteiger partial charge on any atom is 0.185 e. The Morgan fingerprint density at radius 2 is 1.71 bits per heavy atom. The van der Waals surface area contributed by atoms with Crippen LogP contribution in [0.4, 0.5) is 0 Å². The fourth-order valence-corrected chi connectivity index (χ4v) is 2.19. The summed E-state index contributed by atoms with van der Waals surface area (Å²) in [5, 5.41) is 1.23. The molecule has 0 saturated heterocycles. The first-order chi connectivity index (χ1) is 8.00. The Bertz CT molecular complexity index is 634. The minimum atomic E-state index is -0.0547. The molecule has 0 aliphatic carbocycles. The molecule has 0 fully saturated rings. The fraction of sp³-hybridized carbons (Fsp3) is 0.0833. The Hall–Kier alpha value is -0.960. The van der Waals surface area contributed by atoms with E-state index in [0.717, 1.165) is 0 Å². The summed E-state index contributed by atoms with van der Waals surface area (Å²) in [4.78, 5) is 14.5. The second kappa shape index (κ2) is 4.73. The van der Waals surface area contributed by atoms with Crippen molar-refractivity contribution in [1.82, 2.24) is 4.98 Å². The number of pyridine rings is 1. The number of aromatic amines is 1. The highest BCUT2D eigenvalue weighted by atomic mass is 35.5. The third-order valence-corrected chi connectivity index (χ3v) is 3.52. The largest absolute Gasteiger partial charge is 0.361 e. The van der Waals surface area contributed by atoms with Crippen molar-refractivity contribution in [3.63, 3.8) is 0 Å². The zero-order chi connectivity index (χ0) is 12.6. The van der Waals surface area contributed by atoms with Crippen LogP contribution in [-0.2, 0) is 0 Å². The summed E-state index contributed by atoms with van der Waals surface area (Å²) in [6.07, 6.45) is 1.57. The number of hydrogen-bond donors (Lipinski definition) is 1. The van der Waals surface area contributed by atoms with Crippen LogP contribution < -0.4 is 5.43 Å². The summed E-state index contributed by atoms with van der Waals surface area (Å²) in [5.41, 5.74) is 1.85. The van der Waals surface area contributed by atoms with Gasteiger partial charge in [0.2, 0.25) is 0 Å². The summed E-state index contributed by atoms with van der Waals surface area (Å²) in [7, 11) is 0. The van der Waals surface area contributed by atoms with Gasteiger partial charge in [0.15, 0.2) is 5.43 Å². The number of halogens is 3. The van der Waals surface area contributed by atoms with E-state index in [9.17, 15) is 4.79 Å². The lowest BCUT2D eigenvalue weighted by atomic mass is 10.1. The second-order valence-corrected chi connectivity index (χ2v) is 4.81. The van der Waals surface area contributed by atoms with Gasteiger partial charge in [0, 0.05) is 23.4 Å². The first kappa shape index (κ1) is 12.5. The topological polar surface area (TPSA) is 32.9 Å². The normalized spacial score (nSPS) is 10.6. The number of rotatable bonds is 1. The van der Waals surface area contributed by atoms with E-state index in [1.54, 1.807) is 25.3 Å². The smallest absolute Gasteiger partial charge is 0.185 e. The molecule has 1 heterocycles. The number of hydrogen-bond acceptors (Lipinski definition) is 1. The zero-order valence-electron chi connectivity index (χ0n) is 8.85. The van der Waals surface area contributed by atoms with Gasteiger partial charge in [-0.25, -0.2) is 0 Å². The minimum Gasteiger partial charge on any atom is -0.361 e. The predicted molar refractivity (Wildman–Crippen MR) is 72.3 cm³/mol. The average molecular weight is 289 g/mol. The van der Waals surface area contributed by atoms with Crippen LogP contribution in [0, 0.1) is 6.92 Å². The molecule has 2 nitrogen and oxygen atoms in total. The van der Waals surface area contributed by atoms with Crippen molar-refractivity contribution in [3.8, 4) is 11.3 Å². The van der Waals surface area contributed by atoms with E-state index in [1.165, 1.54) is 6.07 Å². The van der Waals surface area contributed by atoms with Gasteiger partial charge in [0.25, 0.3) is 0 Å². The van der Waals surface area contributed by atoms with Crippen molar-refractivity contribution >= 4 is 34.8 Å². The Morgan fingerprint density at radius 3 is 2.41 bits per heavy atom. The Balaban J connectivity index is 2.73. The molecule has 1 aromatic carbocycles. The Kier molecular flexibility index (Phi) is 3.48. The molecule has 0 aliphatic heterocycles. The van der Waals surface area contributed by atoms with Crippen molar-refractivity contribution in [2.75, 3.05) is 0 Å². The zero-order valence-corrected chi connectivity index (χ0v) is 11.1. The van der Waals surface area contributed by atoms with Crippen molar-refractivity contribution in [1.29, 1.82) is 0 Å². The van der Waals surface area contributed by atoms with Crippen LogP contribution in [0.3, 0.4) is 0 Å². The third kappa shape index (κ3) is 2.34. The highest BCUT2D eigenvalue weighted by Crippen LogP contribution is 2.34. The van der Waals surface area contributed by atoms with Crippen LogP contribution in [0.15, 0.2) is 29.2 Å². The molecule has 88 valence electrons. The highest BCUT2D eigenvalue weighted by molar-refractivity contribution is 6.44. The lowest BCUT2D eigenvalue weighted by Crippen LogP contribution is -2.06. The summed E-state index contributed by atoms with van der Waals surface area (Å²) >= 11 is 17.9. The summed E-state index contributed by atoms with van der Waals surface area (Å²) in [6, 6.07) is 4.67. The maximum absolute atomic E-state index is 11.6. The van der Waals surface area contributed by atoms with Crippen molar-refractivity contribution in [2.45, 2.75) is 6.92 Å². The van der Waals surface area contributed by atoms with Gasteiger partial charge < -0.3 is 4.98 Å². The summed E-state index contributed by atoms with van der Waals surface area (Å²) < 4.78 is 0. The monoisotopic (exact) mass is 287 g/mol. The van der Waals surface area contributed by atoms with E-state index in [1.807, 2.05) is 0 Å². The van der Waals surface area contributed by atoms with Crippen LogP contribution >= 0.6 is 34.8 Å². The third-order valence-electron chi connectivity index (χ3n) is 2.49. The van der Waals surface area contributed by atoms with E-state index in [-0.39, 0.29) is 5.43 Å². The minimum absolute atomic E-state index is 0.0547. The molecule has 0 amide bonds. The molecule has 0 spiro atoms. The van der Waals surface area contributed by atoms with E-state index in [2.05, 4.69) is 4.98 Å². The molecule has 1 N–H and O–H groups in total. The molecule has 2 rings (SSSR count). The van der Waals surface area contributed by atoms with Crippen molar-refractivity contribution < 1.29 is 0 Å². The lowest BCUT2D eigenvalue weighted by Gasteiger charge is -2.08. The number of nitrogens with one attached hydrogen (secondary N) is 1. The molecule has 2 aromatic rings. The van der Waals surface area contributed by atoms with Crippen LogP contribution in [0.1, 0.15) is 5.56 Å². The quantitative estimate of drug-likeness (QED) is 0.779. The molecule has 0 aliphatic rings. The summed E-state index contributed by atoms with van der Waals surface area (Å²) in [6.45, 7) is 1.73. The highest BCUT2D eigenvalue weighted by Gasteiger charge is 2.11. The standard InChI is InChI=1S/C12H8Cl3NO/c1-6-11(17)2-3-16-12(6)7-4-9(14)10(15)5-8(7)13/h2-5H,1H3,(H,16,17). The van der Waals surface area contributed by atoms with Gasteiger partial charge in [-0.1, -0.05) is 34.8 Å². The van der Waals surface area contributed by atoms with Crippen LogP contribution in [0.2, 0.25) is 15.1 Å². The first-order valence-corrected chi connectivity index (χ1v) is 5.97. The molecule has 0 bridgehead atoms. The van der Waals surface area contributed by atoms with Gasteiger partial charge in [0.1, 0.15) is 0 Å². The van der Waals surface area contributed by atoms with Crippen molar-refractivity contribution in [2.24, 2.45) is 0 Å². The summed E-state index contributed by atoms with van der Waals surface area (Å²) in [5.74, 6) is 0. The molecule has 0 unspecified atom stereocenters. The van der Waals surface area contributed by atoms with Gasteiger partial charge in [-0.05, 0) is 19.1 Å². The molecule has 0 saturated carbocycles. The van der Waals surface area contributed by atoms with Gasteiger partial charge in [-0.15, -0.1) is 0 Å². The van der Waals surface area contributed by atoms with Gasteiger partial charge in [-0.3, -0.25) is 4.79 Å². The SMILES string of the molecule is Cc1c(-c2cc(Cl)c(Cl)cc2Cl)[nH]ccc1=O. The molecular formula is C12H8Cl3NO. The molecule has 17 heavy (non-hydrogen) atoms. The molecule has 5 heteroatoms. The van der Waals surface area contributed by atoms with Crippen LogP contribution in [-0.4, -0.2) is 4.98 Å². The Labute approximate surface area is 113 Å². The molecule has 1 aromatic heterocycles. The van der Waals surface area contributed by atoms with E-state index in [4.69, 9.17) is 34.8 Å². The van der Waals surface area contributed by atoms with Gasteiger partial charge in [0.05, 0.1) is 20.8 Å². The van der Waals surface area contributed by atoms with E-state index < -0.39 is 0 Å². The fourth-order valence-electron chi connectivity index (χ4n) is 1.55. The predicted octanol–water partition coefficient (Wildman–Crippen LogP) is 4.31. The molecule has 0 radical (unpaired) electrons. The van der Waals surface area contributed by atoms with E-state index >= 15 is 0 Å². The molecular weight excluding hydrogens is 280 g/mol. The molecule has 0 atom stereocenters. The van der Waals surface area contributed by atoms with Gasteiger partial charge in [-0.2, -0.15) is 0 Å². The number of H-pyrrole nitrogens is 1. The number of benzene rings is 1. The Morgan fingerprint density at radius 1 is 1.06 bits per heavy atom. The average Bonchev–Trinajstić information content (AvgIpc) is 2.28.